The fraction of sp³-hybridized carbons (Fsp3) is 0.294. The van der Waals surface area contributed by atoms with E-state index in [2.05, 4.69) is 20.8 Å². The number of carbonyl (C=O) groups excluding carboxylic acids is 1. The van der Waals surface area contributed by atoms with Crippen LogP contribution in [0, 0.1) is 0 Å². The molecule has 0 atom stereocenters. The second kappa shape index (κ2) is 6.84. The summed E-state index contributed by atoms with van der Waals surface area (Å²) in [6.45, 7) is 4.50. The predicted molar refractivity (Wildman–Crippen MR) is 97.4 cm³/mol. The van der Waals surface area contributed by atoms with Crippen LogP contribution in [-0.4, -0.2) is 46.9 Å². The third kappa shape index (κ3) is 3.64. The molecule has 0 radical (unpaired) electrons. The first-order valence-corrected chi connectivity index (χ1v) is 8.65. The molecule has 0 spiro atoms. The Morgan fingerprint density at radius 3 is 2.26 bits per heavy atom. The Bertz CT molecular complexity index is 718. The lowest BCUT2D eigenvalue weighted by Crippen LogP contribution is -2.49. The number of halogens is 1. The molecule has 0 bridgehead atoms. The minimum Gasteiger partial charge on any atom is -0.454 e. The Balaban J connectivity index is 1.69. The highest BCUT2D eigenvalue weighted by atomic mass is 79.9. The van der Waals surface area contributed by atoms with Gasteiger partial charge in [0.05, 0.1) is 0 Å². The topological polar surface area (TPSA) is 36.7 Å². The molecule has 1 aromatic heterocycles. The van der Waals surface area contributed by atoms with E-state index < -0.39 is 0 Å². The van der Waals surface area contributed by atoms with Gasteiger partial charge >= 0.3 is 0 Å². The van der Waals surface area contributed by atoms with E-state index in [9.17, 15) is 4.79 Å². The van der Waals surface area contributed by atoms with Gasteiger partial charge in [-0.2, -0.15) is 0 Å². The number of nitrogens with zero attached hydrogens (tertiary/aromatic N) is 2. The van der Waals surface area contributed by atoms with Gasteiger partial charge in [-0.15, -0.1) is 0 Å². The van der Waals surface area contributed by atoms with E-state index >= 15 is 0 Å². The van der Waals surface area contributed by atoms with Gasteiger partial charge in [-0.3, -0.25) is 4.79 Å². The van der Waals surface area contributed by atoms with E-state index in [4.69, 9.17) is 16.6 Å². The van der Waals surface area contributed by atoms with Gasteiger partial charge < -0.3 is 14.2 Å². The van der Waals surface area contributed by atoms with Gasteiger partial charge in [0.25, 0.3) is 0 Å². The quantitative estimate of drug-likeness (QED) is 0.732. The smallest absolute Gasteiger partial charge is 0.219 e. The van der Waals surface area contributed by atoms with Gasteiger partial charge in [-0.05, 0) is 24.3 Å². The zero-order valence-corrected chi connectivity index (χ0v) is 15.2. The van der Waals surface area contributed by atoms with E-state index in [1.807, 2.05) is 41.3 Å². The van der Waals surface area contributed by atoms with Gasteiger partial charge in [-0.1, -0.05) is 40.3 Å². The number of carbonyl (C=O) groups is 1. The van der Waals surface area contributed by atoms with E-state index in [-0.39, 0.29) is 5.91 Å². The lowest BCUT2D eigenvalue weighted by Gasteiger charge is -2.35. The molecule has 1 aromatic carbocycles. The Hall–Kier alpha value is -1.66. The first-order valence-electron chi connectivity index (χ1n) is 7.45. The fourth-order valence-corrected chi connectivity index (χ4v) is 3.16. The van der Waals surface area contributed by atoms with Crippen LogP contribution in [0.25, 0.3) is 11.3 Å². The molecule has 0 aliphatic carbocycles. The minimum atomic E-state index is 0.117. The molecular weight excluding hydrogens is 376 g/mol. The Morgan fingerprint density at radius 2 is 1.65 bits per heavy atom. The SMILES string of the molecule is CC(=O)N1CCN(C(=S)c2ccc(-c3ccc(Br)cc3)o2)CC1. The van der Waals surface area contributed by atoms with Crippen LogP contribution in [0.15, 0.2) is 45.3 Å². The number of rotatable bonds is 2. The maximum atomic E-state index is 11.4. The molecule has 3 rings (SSSR count). The van der Waals surface area contributed by atoms with Crippen molar-refractivity contribution in [3.63, 3.8) is 0 Å². The second-order valence-electron chi connectivity index (χ2n) is 5.47. The summed E-state index contributed by atoms with van der Waals surface area (Å²) in [5.41, 5.74) is 1.02. The van der Waals surface area contributed by atoms with Crippen molar-refractivity contribution >= 4 is 39.0 Å². The van der Waals surface area contributed by atoms with Gasteiger partial charge in [-0.25, -0.2) is 0 Å². The molecule has 4 nitrogen and oxygen atoms in total. The molecule has 0 saturated carbocycles. The molecule has 1 fully saturated rings. The third-order valence-corrected chi connectivity index (χ3v) is 4.95. The summed E-state index contributed by atoms with van der Waals surface area (Å²) >= 11 is 8.98. The van der Waals surface area contributed by atoms with Crippen molar-refractivity contribution < 1.29 is 9.21 Å². The van der Waals surface area contributed by atoms with Gasteiger partial charge in [0.1, 0.15) is 10.7 Å². The third-order valence-electron chi connectivity index (χ3n) is 3.96. The summed E-state index contributed by atoms with van der Waals surface area (Å²) < 4.78 is 6.95. The van der Waals surface area contributed by atoms with Crippen LogP contribution in [0.5, 0.6) is 0 Å². The van der Waals surface area contributed by atoms with Crippen LogP contribution in [0.1, 0.15) is 12.7 Å². The lowest BCUT2D eigenvalue weighted by atomic mass is 10.2. The standard InChI is InChI=1S/C17H17BrN2O2S/c1-12(21)19-8-10-20(11-9-19)17(23)16-7-6-15(22-16)13-2-4-14(18)5-3-13/h2-7H,8-11H2,1H3. The summed E-state index contributed by atoms with van der Waals surface area (Å²) in [6, 6.07) is 11.8. The number of hydrogen-bond donors (Lipinski definition) is 0. The lowest BCUT2D eigenvalue weighted by molar-refractivity contribution is -0.130. The van der Waals surface area contributed by atoms with Crippen molar-refractivity contribution in [1.82, 2.24) is 9.80 Å². The number of thiocarbonyl (C=S) groups is 1. The first kappa shape index (κ1) is 16.2. The Morgan fingerprint density at radius 1 is 1.04 bits per heavy atom. The zero-order chi connectivity index (χ0) is 16.4. The average Bonchev–Trinajstić information content (AvgIpc) is 3.05. The maximum Gasteiger partial charge on any atom is 0.219 e. The van der Waals surface area contributed by atoms with E-state index in [1.54, 1.807) is 6.92 Å². The maximum absolute atomic E-state index is 11.4. The predicted octanol–water partition coefficient (Wildman–Crippen LogP) is 3.55. The molecule has 2 heterocycles. The molecule has 23 heavy (non-hydrogen) atoms. The Labute approximate surface area is 149 Å². The number of hydrogen-bond acceptors (Lipinski definition) is 3. The van der Waals surface area contributed by atoms with Gasteiger partial charge in [0.2, 0.25) is 5.91 Å². The molecule has 1 amide bonds. The number of piperazine rings is 1. The van der Waals surface area contributed by atoms with Crippen LogP contribution in [-0.2, 0) is 4.79 Å². The van der Waals surface area contributed by atoms with Crippen molar-refractivity contribution in [2.75, 3.05) is 26.2 Å². The van der Waals surface area contributed by atoms with Crippen molar-refractivity contribution in [2.24, 2.45) is 0 Å². The molecule has 1 aliphatic heterocycles. The van der Waals surface area contributed by atoms with Crippen molar-refractivity contribution in [3.8, 4) is 11.3 Å². The van der Waals surface area contributed by atoms with Crippen LogP contribution < -0.4 is 0 Å². The fourth-order valence-electron chi connectivity index (χ4n) is 2.60. The molecule has 0 unspecified atom stereocenters. The normalized spacial score (nSPS) is 14.9. The van der Waals surface area contributed by atoms with E-state index in [1.165, 1.54) is 0 Å². The molecule has 2 aromatic rings. The monoisotopic (exact) mass is 392 g/mol. The molecule has 0 N–H and O–H groups in total. The summed E-state index contributed by atoms with van der Waals surface area (Å²) in [5, 5.41) is 0. The summed E-state index contributed by atoms with van der Waals surface area (Å²) in [4.78, 5) is 16.0. The number of amides is 1. The molecule has 6 heteroatoms. The highest BCUT2D eigenvalue weighted by molar-refractivity contribution is 9.10. The van der Waals surface area contributed by atoms with Crippen LogP contribution in [0.2, 0.25) is 0 Å². The average molecular weight is 393 g/mol. The summed E-state index contributed by atoms with van der Waals surface area (Å²) in [5.74, 6) is 1.62. The first-order chi connectivity index (χ1) is 11.0. The van der Waals surface area contributed by atoms with E-state index in [0.29, 0.717) is 23.8 Å². The van der Waals surface area contributed by atoms with Crippen molar-refractivity contribution in [2.45, 2.75) is 6.92 Å². The van der Waals surface area contributed by atoms with Crippen LogP contribution >= 0.6 is 28.1 Å². The Kier molecular flexibility index (Phi) is 4.82. The van der Waals surface area contributed by atoms with Crippen molar-refractivity contribution in [1.29, 1.82) is 0 Å². The van der Waals surface area contributed by atoms with Crippen molar-refractivity contribution in [3.05, 3.63) is 46.6 Å². The highest BCUT2D eigenvalue weighted by Crippen LogP contribution is 2.25. The molecular formula is C17H17BrN2O2S. The molecule has 1 saturated heterocycles. The number of furan rings is 1. The number of benzene rings is 1. The highest BCUT2D eigenvalue weighted by Gasteiger charge is 2.22. The summed E-state index contributed by atoms with van der Waals surface area (Å²) in [6.07, 6.45) is 0. The minimum absolute atomic E-state index is 0.117. The molecule has 1 aliphatic rings. The zero-order valence-electron chi connectivity index (χ0n) is 12.8. The van der Waals surface area contributed by atoms with Gasteiger partial charge in [0, 0.05) is 43.1 Å². The van der Waals surface area contributed by atoms with Crippen LogP contribution in [0.3, 0.4) is 0 Å². The summed E-state index contributed by atoms with van der Waals surface area (Å²) in [7, 11) is 0. The molecule has 120 valence electrons. The largest absolute Gasteiger partial charge is 0.454 e. The van der Waals surface area contributed by atoms with Crippen LogP contribution in [0.4, 0.5) is 0 Å². The van der Waals surface area contributed by atoms with E-state index in [0.717, 1.165) is 28.9 Å². The second-order valence-corrected chi connectivity index (χ2v) is 6.77. The van der Waals surface area contributed by atoms with Gasteiger partial charge in [0.15, 0.2) is 5.76 Å².